The van der Waals surface area contributed by atoms with E-state index in [-0.39, 0.29) is 11.2 Å². The minimum Gasteiger partial charge on any atom is -0.431 e. The molecule has 6 heteroatoms. The summed E-state index contributed by atoms with van der Waals surface area (Å²) in [6.45, 7) is 6.09. The highest BCUT2D eigenvalue weighted by molar-refractivity contribution is 7.99. The lowest BCUT2D eigenvalue weighted by molar-refractivity contribution is 0.372. The summed E-state index contributed by atoms with van der Waals surface area (Å²) in [6, 6.07) is 20.1. The van der Waals surface area contributed by atoms with Crippen molar-refractivity contribution in [1.82, 2.24) is 15.1 Å². The minimum absolute atomic E-state index is 0.0640. The second kappa shape index (κ2) is 8.02. The van der Waals surface area contributed by atoms with Crippen LogP contribution in [0.5, 0.6) is 0 Å². The maximum absolute atomic E-state index is 6.16. The first-order chi connectivity index (χ1) is 13.6. The van der Waals surface area contributed by atoms with Gasteiger partial charge in [0.25, 0.3) is 5.22 Å². The highest BCUT2D eigenvalue weighted by Gasteiger charge is 2.22. The number of thioether (sulfide) groups is 1. The number of oxazole rings is 1. The Morgan fingerprint density at radius 3 is 2.07 bits per heavy atom. The van der Waals surface area contributed by atoms with E-state index < -0.39 is 0 Å². The topological polar surface area (TPSA) is 65.0 Å². The van der Waals surface area contributed by atoms with Gasteiger partial charge in [0.2, 0.25) is 5.89 Å². The van der Waals surface area contributed by atoms with Crippen molar-refractivity contribution < 1.29 is 8.94 Å². The fraction of sp³-hybridized carbons (Fsp3) is 0.227. The van der Waals surface area contributed by atoms with Gasteiger partial charge in [-0.3, -0.25) is 0 Å². The quantitative estimate of drug-likeness (QED) is 0.356. The zero-order chi connectivity index (χ0) is 19.5. The summed E-state index contributed by atoms with van der Waals surface area (Å²) < 4.78 is 11.6. The number of aromatic nitrogens is 3. The molecule has 0 aliphatic rings. The average molecular weight is 391 g/mol. The third-order valence-corrected chi connectivity index (χ3v) is 5.22. The Labute approximate surface area is 168 Å². The normalized spacial score (nSPS) is 12.4. The van der Waals surface area contributed by atoms with E-state index in [9.17, 15) is 0 Å². The molecule has 0 saturated carbocycles. The van der Waals surface area contributed by atoms with Crippen LogP contribution in [0.3, 0.4) is 0 Å². The summed E-state index contributed by atoms with van der Waals surface area (Å²) in [5.41, 5.74) is 2.84. The number of rotatable bonds is 6. The summed E-state index contributed by atoms with van der Waals surface area (Å²) >= 11 is 1.47. The molecule has 1 atom stereocenters. The molecule has 0 fully saturated rings. The van der Waals surface area contributed by atoms with E-state index in [0.29, 0.717) is 16.9 Å². The molecule has 0 radical (unpaired) electrons. The highest BCUT2D eigenvalue weighted by atomic mass is 32.2. The van der Waals surface area contributed by atoms with E-state index in [2.05, 4.69) is 10.1 Å². The summed E-state index contributed by atoms with van der Waals surface area (Å²) in [4.78, 5) is 9.25. The molecule has 2 aromatic carbocycles. The lowest BCUT2D eigenvalue weighted by atomic mass is 10.1. The standard InChI is InChI=1S/C22H21N3O2S/c1-14(2)20-24-21(27-25-20)15(3)28-22-23-18(16-10-6-4-7-11-16)19(26-22)17-12-8-5-9-13-17/h4-15H,1-3H3. The zero-order valence-corrected chi connectivity index (χ0v) is 16.8. The fourth-order valence-electron chi connectivity index (χ4n) is 2.78. The second-order valence-electron chi connectivity index (χ2n) is 6.80. The third-order valence-electron chi connectivity index (χ3n) is 4.29. The van der Waals surface area contributed by atoms with Gasteiger partial charge in [0.05, 0.1) is 5.25 Å². The molecule has 28 heavy (non-hydrogen) atoms. The predicted molar refractivity (Wildman–Crippen MR) is 110 cm³/mol. The first-order valence-electron chi connectivity index (χ1n) is 9.23. The van der Waals surface area contributed by atoms with Crippen LogP contribution in [0.1, 0.15) is 43.7 Å². The van der Waals surface area contributed by atoms with E-state index in [4.69, 9.17) is 13.9 Å². The molecule has 0 amide bonds. The molecular formula is C22H21N3O2S. The van der Waals surface area contributed by atoms with Gasteiger partial charge in [-0.1, -0.05) is 91.4 Å². The first kappa shape index (κ1) is 18.5. The number of hydrogen-bond donors (Lipinski definition) is 0. The van der Waals surface area contributed by atoms with Crippen LogP contribution in [-0.4, -0.2) is 15.1 Å². The molecule has 2 aromatic heterocycles. The van der Waals surface area contributed by atoms with Crippen molar-refractivity contribution in [3.8, 4) is 22.6 Å². The lowest BCUT2D eigenvalue weighted by Crippen LogP contribution is -1.92. The van der Waals surface area contributed by atoms with Crippen molar-refractivity contribution in [1.29, 1.82) is 0 Å². The number of nitrogens with zero attached hydrogens (tertiary/aromatic N) is 3. The number of hydrogen-bond acceptors (Lipinski definition) is 6. The maximum atomic E-state index is 6.16. The Kier molecular flexibility index (Phi) is 5.30. The van der Waals surface area contributed by atoms with Crippen LogP contribution >= 0.6 is 11.8 Å². The van der Waals surface area contributed by atoms with E-state index in [1.165, 1.54) is 11.8 Å². The van der Waals surface area contributed by atoms with Crippen LogP contribution in [-0.2, 0) is 0 Å². The molecule has 4 aromatic rings. The van der Waals surface area contributed by atoms with Crippen LogP contribution in [0.4, 0.5) is 0 Å². The van der Waals surface area contributed by atoms with E-state index in [1.807, 2.05) is 81.4 Å². The maximum Gasteiger partial charge on any atom is 0.257 e. The fourth-order valence-corrected chi connectivity index (χ4v) is 3.55. The molecule has 0 saturated heterocycles. The summed E-state index contributed by atoms with van der Waals surface area (Å²) in [7, 11) is 0. The van der Waals surface area contributed by atoms with Gasteiger partial charge in [0.15, 0.2) is 11.6 Å². The molecular weight excluding hydrogens is 370 g/mol. The largest absolute Gasteiger partial charge is 0.431 e. The molecule has 5 nitrogen and oxygen atoms in total. The Morgan fingerprint density at radius 1 is 0.821 bits per heavy atom. The van der Waals surface area contributed by atoms with E-state index in [0.717, 1.165) is 22.6 Å². The molecule has 0 aliphatic carbocycles. The van der Waals surface area contributed by atoms with Crippen LogP contribution in [0, 0.1) is 0 Å². The van der Waals surface area contributed by atoms with Gasteiger partial charge in [-0.15, -0.1) is 0 Å². The Hall–Kier alpha value is -2.86. The Morgan fingerprint density at radius 2 is 1.46 bits per heavy atom. The van der Waals surface area contributed by atoms with Gasteiger partial charge in [-0.25, -0.2) is 4.98 Å². The zero-order valence-electron chi connectivity index (χ0n) is 16.0. The molecule has 142 valence electrons. The van der Waals surface area contributed by atoms with Crippen LogP contribution in [0.2, 0.25) is 0 Å². The SMILES string of the molecule is CC(C)c1noc(C(C)Sc2nc(-c3ccccc3)c(-c3ccccc3)o2)n1. The third kappa shape index (κ3) is 3.87. The number of benzene rings is 2. The summed E-state index contributed by atoms with van der Waals surface area (Å²) in [5, 5.41) is 4.56. The van der Waals surface area contributed by atoms with Crippen LogP contribution in [0.25, 0.3) is 22.6 Å². The van der Waals surface area contributed by atoms with Crippen LogP contribution < -0.4 is 0 Å². The van der Waals surface area contributed by atoms with Crippen molar-refractivity contribution in [3.63, 3.8) is 0 Å². The van der Waals surface area contributed by atoms with Gasteiger partial charge in [0.1, 0.15) is 5.69 Å². The van der Waals surface area contributed by atoms with Gasteiger partial charge in [-0.2, -0.15) is 4.98 Å². The molecule has 0 bridgehead atoms. The highest BCUT2D eigenvalue weighted by Crippen LogP contribution is 2.40. The Bertz CT molecular complexity index is 985. The van der Waals surface area contributed by atoms with Crippen molar-refractivity contribution in [3.05, 3.63) is 72.4 Å². The molecule has 1 unspecified atom stereocenters. The van der Waals surface area contributed by atoms with Gasteiger partial charge in [-0.05, 0) is 6.92 Å². The van der Waals surface area contributed by atoms with Gasteiger partial charge in [0, 0.05) is 17.0 Å². The monoisotopic (exact) mass is 391 g/mol. The van der Waals surface area contributed by atoms with E-state index >= 15 is 0 Å². The lowest BCUT2D eigenvalue weighted by Gasteiger charge is -2.02. The van der Waals surface area contributed by atoms with Gasteiger partial charge < -0.3 is 8.94 Å². The van der Waals surface area contributed by atoms with Crippen molar-refractivity contribution >= 4 is 11.8 Å². The van der Waals surface area contributed by atoms with Crippen molar-refractivity contribution in [2.24, 2.45) is 0 Å². The minimum atomic E-state index is -0.0640. The predicted octanol–water partition coefficient (Wildman–Crippen LogP) is 6.37. The molecule has 0 N–H and O–H groups in total. The van der Waals surface area contributed by atoms with E-state index in [1.54, 1.807) is 0 Å². The summed E-state index contributed by atoms with van der Waals surface area (Å²) in [6.07, 6.45) is 0. The molecule has 2 heterocycles. The first-order valence-corrected chi connectivity index (χ1v) is 10.1. The smallest absolute Gasteiger partial charge is 0.257 e. The van der Waals surface area contributed by atoms with Crippen molar-refractivity contribution in [2.75, 3.05) is 0 Å². The Balaban J connectivity index is 1.67. The molecule has 0 aliphatic heterocycles. The van der Waals surface area contributed by atoms with Gasteiger partial charge >= 0.3 is 0 Å². The van der Waals surface area contributed by atoms with Crippen molar-refractivity contribution in [2.45, 2.75) is 37.2 Å². The molecule has 4 rings (SSSR count). The molecule has 0 spiro atoms. The van der Waals surface area contributed by atoms with Crippen LogP contribution in [0.15, 0.2) is 74.8 Å². The summed E-state index contributed by atoms with van der Waals surface area (Å²) in [5.74, 6) is 2.28. The second-order valence-corrected chi connectivity index (χ2v) is 8.09. The average Bonchev–Trinajstić information content (AvgIpc) is 3.37.